The minimum atomic E-state index is 0.291. The second-order valence-electron chi connectivity index (χ2n) is 5.73. The van der Waals surface area contributed by atoms with Crippen LogP contribution in [0.25, 0.3) is 10.9 Å². The van der Waals surface area contributed by atoms with Crippen LogP contribution < -0.4 is 0 Å². The van der Waals surface area contributed by atoms with Gasteiger partial charge < -0.3 is 0 Å². The quantitative estimate of drug-likeness (QED) is 0.670. The van der Waals surface area contributed by atoms with E-state index >= 15 is 0 Å². The molecule has 0 bridgehead atoms. The highest BCUT2D eigenvalue weighted by atomic mass is 35.5. The molecule has 3 aromatic rings. The monoisotopic (exact) mass is 325 g/mol. The number of benzene rings is 1. The van der Waals surface area contributed by atoms with Crippen LogP contribution in [0.15, 0.2) is 54.7 Å². The highest BCUT2D eigenvalue weighted by Gasteiger charge is 2.16. The molecule has 0 saturated carbocycles. The molecule has 0 saturated heterocycles. The number of pyridine rings is 2. The predicted molar refractivity (Wildman–Crippen MR) is 95.5 cm³/mol. The first-order chi connectivity index (χ1) is 11.2. The Morgan fingerprint density at radius 1 is 1.13 bits per heavy atom. The van der Waals surface area contributed by atoms with Crippen molar-refractivity contribution in [2.45, 2.75) is 25.9 Å². The van der Waals surface area contributed by atoms with Crippen molar-refractivity contribution in [2.24, 2.45) is 0 Å². The summed E-state index contributed by atoms with van der Waals surface area (Å²) in [7, 11) is 2.12. The Balaban J connectivity index is 1.81. The van der Waals surface area contributed by atoms with Crippen molar-refractivity contribution >= 4 is 22.5 Å². The first kappa shape index (κ1) is 15.9. The largest absolute Gasteiger partial charge is 0.292 e. The lowest BCUT2D eigenvalue weighted by Gasteiger charge is -2.26. The SMILES string of the molecule is CCC(c1ccccn1)N(C)Cc1ccc2cc(Cl)ccc2n1. The van der Waals surface area contributed by atoms with Gasteiger partial charge in [0.05, 0.1) is 22.9 Å². The Kier molecular flexibility index (Phi) is 4.89. The van der Waals surface area contributed by atoms with Gasteiger partial charge in [0.2, 0.25) is 0 Å². The Morgan fingerprint density at radius 3 is 2.74 bits per heavy atom. The number of fused-ring (bicyclic) bond motifs is 1. The smallest absolute Gasteiger partial charge is 0.0706 e. The molecule has 0 spiro atoms. The van der Waals surface area contributed by atoms with Gasteiger partial charge in [0.25, 0.3) is 0 Å². The van der Waals surface area contributed by atoms with Crippen molar-refractivity contribution in [1.29, 1.82) is 0 Å². The third-order valence-electron chi connectivity index (χ3n) is 4.07. The van der Waals surface area contributed by atoms with Gasteiger partial charge in [-0.05, 0) is 49.9 Å². The van der Waals surface area contributed by atoms with E-state index in [0.717, 1.165) is 40.3 Å². The zero-order valence-corrected chi connectivity index (χ0v) is 14.2. The van der Waals surface area contributed by atoms with Crippen LogP contribution in [0.5, 0.6) is 0 Å². The maximum absolute atomic E-state index is 6.03. The standard InChI is InChI=1S/C19H20ClN3/c1-3-19(18-6-4-5-11-21-18)23(2)13-16-9-7-14-12-15(20)8-10-17(14)22-16/h4-12,19H,3,13H2,1-2H3. The van der Waals surface area contributed by atoms with Gasteiger partial charge in [-0.25, -0.2) is 0 Å². The van der Waals surface area contributed by atoms with E-state index in [1.54, 1.807) is 0 Å². The Morgan fingerprint density at radius 2 is 2.00 bits per heavy atom. The third-order valence-corrected chi connectivity index (χ3v) is 4.30. The maximum atomic E-state index is 6.03. The molecule has 3 nitrogen and oxygen atoms in total. The maximum Gasteiger partial charge on any atom is 0.0706 e. The molecule has 0 N–H and O–H groups in total. The number of rotatable bonds is 5. The molecule has 1 aromatic carbocycles. The zero-order valence-electron chi connectivity index (χ0n) is 13.4. The molecule has 0 aliphatic rings. The second-order valence-corrected chi connectivity index (χ2v) is 6.17. The minimum absolute atomic E-state index is 0.291. The van der Waals surface area contributed by atoms with Gasteiger partial charge in [-0.3, -0.25) is 14.9 Å². The molecule has 1 unspecified atom stereocenters. The summed E-state index contributed by atoms with van der Waals surface area (Å²) in [4.78, 5) is 11.5. The summed E-state index contributed by atoms with van der Waals surface area (Å²) in [5, 5.41) is 1.81. The third kappa shape index (κ3) is 3.69. The fourth-order valence-electron chi connectivity index (χ4n) is 2.91. The van der Waals surface area contributed by atoms with Crippen molar-refractivity contribution in [3.8, 4) is 0 Å². The molecule has 0 fully saturated rings. The lowest BCUT2D eigenvalue weighted by Crippen LogP contribution is -2.25. The van der Waals surface area contributed by atoms with E-state index in [9.17, 15) is 0 Å². The summed E-state index contributed by atoms with van der Waals surface area (Å²) >= 11 is 6.03. The Labute approximate surface area is 141 Å². The van der Waals surface area contributed by atoms with Crippen LogP contribution >= 0.6 is 11.6 Å². The number of nitrogens with zero attached hydrogens (tertiary/aromatic N) is 3. The molecule has 4 heteroatoms. The van der Waals surface area contributed by atoms with Crippen molar-refractivity contribution in [3.63, 3.8) is 0 Å². The molecular weight excluding hydrogens is 306 g/mol. The molecule has 0 aliphatic heterocycles. The molecule has 0 amide bonds. The van der Waals surface area contributed by atoms with Crippen molar-refractivity contribution in [3.05, 3.63) is 71.1 Å². The Hall–Kier alpha value is -1.97. The molecule has 23 heavy (non-hydrogen) atoms. The predicted octanol–water partition coefficient (Wildman–Crippen LogP) is 4.87. The summed E-state index contributed by atoms with van der Waals surface area (Å²) < 4.78 is 0. The van der Waals surface area contributed by atoms with Gasteiger partial charge in [-0.2, -0.15) is 0 Å². The fourth-order valence-corrected chi connectivity index (χ4v) is 3.09. The van der Waals surface area contributed by atoms with Crippen LogP contribution in [0.1, 0.15) is 30.8 Å². The van der Waals surface area contributed by atoms with Crippen LogP contribution in [-0.4, -0.2) is 21.9 Å². The lowest BCUT2D eigenvalue weighted by molar-refractivity contribution is 0.223. The summed E-state index contributed by atoms with van der Waals surface area (Å²) in [5.41, 5.74) is 3.13. The first-order valence-corrected chi connectivity index (χ1v) is 8.21. The number of halogens is 1. The molecule has 1 atom stereocenters. The van der Waals surface area contributed by atoms with Gasteiger partial charge in [-0.15, -0.1) is 0 Å². The molecular formula is C19H20ClN3. The fraction of sp³-hybridized carbons (Fsp3) is 0.263. The number of hydrogen-bond acceptors (Lipinski definition) is 3. The number of aromatic nitrogens is 2. The minimum Gasteiger partial charge on any atom is -0.292 e. The summed E-state index contributed by atoms with van der Waals surface area (Å²) in [6.07, 6.45) is 2.86. The molecule has 0 aliphatic carbocycles. The molecule has 118 valence electrons. The summed E-state index contributed by atoms with van der Waals surface area (Å²) in [6.45, 7) is 2.97. The lowest BCUT2D eigenvalue weighted by atomic mass is 10.1. The van der Waals surface area contributed by atoms with Crippen molar-refractivity contribution in [2.75, 3.05) is 7.05 Å². The van der Waals surface area contributed by atoms with E-state index in [2.05, 4.69) is 42.1 Å². The molecule has 3 rings (SSSR count). The van der Waals surface area contributed by atoms with Crippen molar-refractivity contribution in [1.82, 2.24) is 14.9 Å². The van der Waals surface area contributed by atoms with Gasteiger partial charge in [0, 0.05) is 23.2 Å². The van der Waals surface area contributed by atoms with Crippen LogP contribution in [0.3, 0.4) is 0 Å². The van der Waals surface area contributed by atoms with Gasteiger partial charge in [-0.1, -0.05) is 30.7 Å². The zero-order chi connectivity index (χ0) is 16.2. The average Bonchev–Trinajstić information content (AvgIpc) is 2.56. The van der Waals surface area contributed by atoms with Gasteiger partial charge in [0.1, 0.15) is 0 Å². The molecule has 2 aromatic heterocycles. The van der Waals surface area contributed by atoms with Gasteiger partial charge >= 0.3 is 0 Å². The summed E-state index contributed by atoms with van der Waals surface area (Å²) in [5.74, 6) is 0. The van der Waals surface area contributed by atoms with E-state index in [1.807, 2.05) is 36.5 Å². The van der Waals surface area contributed by atoms with E-state index in [4.69, 9.17) is 16.6 Å². The van der Waals surface area contributed by atoms with E-state index in [0.29, 0.717) is 6.04 Å². The van der Waals surface area contributed by atoms with E-state index in [-0.39, 0.29) is 0 Å². The normalized spacial score (nSPS) is 12.7. The summed E-state index contributed by atoms with van der Waals surface area (Å²) in [6, 6.07) is 16.3. The highest BCUT2D eigenvalue weighted by molar-refractivity contribution is 6.31. The van der Waals surface area contributed by atoms with Crippen LogP contribution in [0, 0.1) is 0 Å². The van der Waals surface area contributed by atoms with Gasteiger partial charge in [0.15, 0.2) is 0 Å². The number of hydrogen-bond donors (Lipinski definition) is 0. The highest BCUT2D eigenvalue weighted by Crippen LogP contribution is 2.23. The van der Waals surface area contributed by atoms with Crippen molar-refractivity contribution < 1.29 is 0 Å². The Bertz CT molecular complexity index is 789. The average molecular weight is 326 g/mol. The first-order valence-electron chi connectivity index (χ1n) is 7.83. The van der Waals surface area contributed by atoms with Crippen LogP contribution in [0.2, 0.25) is 5.02 Å². The van der Waals surface area contributed by atoms with Crippen LogP contribution in [0.4, 0.5) is 0 Å². The van der Waals surface area contributed by atoms with E-state index < -0.39 is 0 Å². The topological polar surface area (TPSA) is 29.0 Å². The second kappa shape index (κ2) is 7.07. The van der Waals surface area contributed by atoms with E-state index in [1.165, 1.54) is 0 Å². The molecule has 0 radical (unpaired) electrons. The van der Waals surface area contributed by atoms with Crippen LogP contribution in [-0.2, 0) is 6.54 Å². The molecule has 2 heterocycles.